The molecule has 0 radical (unpaired) electrons. The molecule has 15 heteroatoms. The zero-order valence-corrected chi connectivity index (χ0v) is 30.3. The SMILES string of the molecule is C[C@@H]1CCCCO[C@H](CN(C)S(=O)(=O)c2ccc(F)cc2)[C@@H](C)CN([C@@H](C)CO)C(=O)c2cc(NS(=O)(=O)c3ccc(Cl)cc3)ccc2O1. The molecule has 1 heterocycles. The highest BCUT2D eigenvalue weighted by Gasteiger charge is 2.32. The molecular formula is C34H43ClFN3O8S2. The number of sulfonamides is 2. The van der Waals surface area contributed by atoms with Gasteiger partial charge in [0, 0.05) is 43.4 Å². The Labute approximate surface area is 293 Å². The first-order valence-electron chi connectivity index (χ1n) is 16.0. The fraction of sp³-hybridized carbons (Fsp3) is 0.441. The van der Waals surface area contributed by atoms with E-state index >= 15 is 0 Å². The Morgan fingerprint density at radius 2 is 1.67 bits per heavy atom. The summed E-state index contributed by atoms with van der Waals surface area (Å²) in [5.41, 5.74) is 0.207. The number of nitrogens with zero attached hydrogens (tertiary/aromatic N) is 2. The molecule has 0 aliphatic carbocycles. The number of fused-ring (bicyclic) bond motifs is 1. The van der Waals surface area contributed by atoms with Gasteiger partial charge < -0.3 is 19.5 Å². The lowest BCUT2D eigenvalue weighted by Crippen LogP contribution is -2.48. The number of likely N-dealkylation sites (N-methyl/N-ethyl adjacent to an activating group) is 1. The molecule has 0 aromatic heterocycles. The number of aliphatic hydroxyl groups is 1. The molecule has 4 atom stereocenters. The minimum Gasteiger partial charge on any atom is -0.490 e. The van der Waals surface area contributed by atoms with Gasteiger partial charge in [-0.2, -0.15) is 4.31 Å². The minimum absolute atomic E-state index is 0.0185. The van der Waals surface area contributed by atoms with E-state index in [1.54, 1.807) is 13.0 Å². The zero-order valence-electron chi connectivity index (χ0n) is 27.9. The van der Waals surface area contributed by atoms with Gasteiger partial charge in [0.15, 0.2) is 0 Å². The van der Waals surface area contributed by atoms with Crippen LogP contribution in [0.5, 0.6) is 5.75 Å². The molecule has 1 aliphatic rings. The molecular weight excluding hydrogens is 697 g/mol. The predicted molar refractivity (Wildman–Crippen MR) is 185 cm³/mol. The predicted octanol–water partition coefficient (Wildman–Crippen LogP) is 5.40. The largest absolute Gasteiger partial charge is 0.490 e. The van der Waals surface area contributed by atoms with Crippen LogP contribution in [0.2, 0.25) is 5.02 Å². The lowest BCUT2D eigenvalue weighted by atomic mass is 10.0. The van der Waals surface area contributed by atoms with Crippen LogP contribution in [0.25, 0.3) is 0 Å². The van der Waals surface area contributed by atoms with Gasteiger partial charge in [0.1, 0.15) is 11.6 Å². The maximum absolute atomic E-state index is 14.4. The van der Waals surface area contributed by atoms with Gasteiger partial charge in [-0.15, -0.1) is 0 Å². The Balaban J connectivity index is 1.67. The van der Waals surface area contributed by atoms with E-state index in [-0.39, 0.29) is 52.6 Å². The summed E-state index contributed by atoms with van der Waals surface area (Å²) < 4.78 is 82.7. The van der Waals surface area contributed by atoms with E-state index in [1.165, 1.54) is 60.5 Å². The van der Waals surface area contributed by atoms with Crippen molar-refractivity contribution in [2.24, 2.45) is 5.92 Å². The van der Waals surface area contributed by atoms with Gasteiger partial charge in [-0.05, 0) is 99.8 Å². The van der Waals surface area contributed by atoms with E-state index in [0.29, 0.717) is 24.5 Å². The fourth-order valence-corrected chi connectivity index (χ4v) is 7.77. The summed E-state index contributed by atoms with van der Waals surface area (Å²) in [7, 11) is -6.60. The highest BCUT2D eigenvalue weighted by atomic mass is 35.5. The van der Waals surface area contributed by atoms with Crippen LogP contribution in [0.15, 0.2) is 76.5 Å². The summed E-state index contributed by atoms with van der Waals surface area (Å²) >= 11 is 5.93. The molecule has 0 spiro atoms. The maximum atomic E-state index is 14.4. The van der Waals surface area contributed by atoms with E-state index in [4.69, 9.17) is 21.1 Å². The van der Waals surface area contributed by atoms with Crippen molar-refractivity contribution in [3.8, 4) is 5.75 Å². The lowest BCUT2D eigenvalue weighted by Gasteiger charge is -2.35. The molecule has 0 unspecified atom stereocenters. The third-order valence-electron chi connectivity index (χ3n) is 8.39. The summed E-state index contributed by atoms with van der Waals surface area (Å²) in [5, 5.41) is 10.6. The normalized spacial score (nSPS) is 20.6. The van der Waals surface area contributed by atoms with Crippen molar-refractivity contribution in [3.05, 3.63) is 83.1 Å². The van der Waals surface area contributed by atoms with Crippen LogP contribution in [0.4, 0.5) is 10.1 Å². The lowest BCUT2D eigenvalue weighted by molar-refractivity contribution is -0.00834. The van der Waals surface area contributed by atoms with Crippen molar-refractivity contribution in [3.63, 3.8) is 0 Å². The molecule has 1 aliphatic heterocycles. The number of carbonyl (C=O) groups excluding carboxylic acids is 1. The van der Waals surface area contributed by atoms with E-state index in [2.05, 4.69) is 4.72 Å². The molecule has 0 fully saturated rings. The van der Waals surface area contributed by atoms with E-state index in [0.717, 1.165) is 22.9 Å². The second kappa shape index (κ2) is 16.6. The summed E-state index contributed by atoms with van der Waals surface area (Å²) in [6.07, 6.45) is 1.05. The zero-order chi connectivity index (χ0) is 35.9. The van der Waals surface area contributed by atoms with Crippen molar-refractivity contribution in [1.82, 2.24) is 9.21 Å². The Morgan fingerprint density at radius 1 is 1.02 bits per heavy atom. The summed E-state index contributed by atoms with van der Waals surface area (Å²) in [5.74, 6) is -1.25. The van der Waals surface area contributed by atoms with Crippen LogP contribution in [0, 0.1) is 11.7 Å². The molecule has 4 rings (SSSR count). The molecule has 49 heavy (non-hydrogen) atoms. The Morgan fingerprint density at radius 3 is 2.33 bits per heavy atom. The van der Waals surface area contributed by atoms with Gasteiger partial charge in [-0.1, -0.05) is 18.5 Å². The highest BCUT2D eigenvalue weighted by molar-refractivity contribution is 7.92. The standard InChI is InChI=1S/C34H43ClFN3O8S2/c1-23-20-39(24(2)22-40)34(41)31-19-28(37-48(42,43)29-13-8-26(35)9-14-29)12-17-32(31)47-25(3)7-5-6-18-46-33(23)21-38(4)49(44,45)30-15-10-27(36)11-16-30/h8-17,19,23-25,33,37,40H,5-7,18,20-22H2,1-4H3/t23-,24-,25+,33+/m0/s1. The monoisotopic (exact) mass is 739 g/mol. The van der Waals surface area contributed by atoms with Crippen LogP contribution < -0.4 is 9.46 Å². The van der Waals surface area contributed by atoms with Gasteiger partial charge in [0.25, 0.3) is 15.9 Å². The molecule has 0 saturated heterocycles. The molecule has 3 aromatic carbocycles. The molecule has 1 amide bonds. The third-order valence-corrected chi connectivity index (χ3v) is 11.9. The molecule has 0 saturated carbocycles. The van der Waals surface area contributed by atoms with Crippen LogP contribution in [0.3, 0.4) is 0 Å². The van der Waals surface area contributed by atoms with Crippen LogP contribution >= 0.6 is 11.6 Å². The van der Waals surface area contributed by atoms with Gasteiger partial charge >= 0.3 is 0 Å². The third kappa shape index (κ3) is 9.92. The summed E-state index contributed by atoms with van der Waals surface area (Å²) in [6, 6.07) is 14.0. The van der Waals surface area contributed by atoms with Crippen LogP contribution in [0.1, 0.15) is 50.4 Å². The Bertz CT molecular complexity index is 1790. The second-order valence-electron chi connectivity index (χ2n) is 12.3. The number of hydrogen-bond donors (Lipinski definition) is 2. The van der Waals surface area contributed by atoms with E-state index < -0.39 is 49.8 Å². The molecule has 268 valence electrons. The topological polar surface area (TPSA) is 143 Å². The summed E-state index contributed by atoms with van der Waals surface area (Å²) in [4.78, 5) is 15.7. The van der Waals surface area contributed by atoms with E-state index in [9.17, 15) is 31.1 Å². The first-order valence-corrected chi connectivity index (χ1v) is 19.3. The summed E-state index contributed by atoms with van der Waals surface area (Å²) in [6.45, 7) is 5.34. The first kappa shape index (κ1) is 38.5. The number of rotatable bonds is 9. The smallest absolute Gasteiger partial charge is 0.261 e. The number of amides is 1. The van der Waals surface area contributed by atoms with Crippen molar-refractivity contribution >= 4 is 43.2 Å². The Hall–Kier alpha value is -3.27. The number of carbonyl (C=O) groups is 1. The molecule has 0 bridgehead atoms. The van der Waals surface area contributed by atoms with Gasteiger partial charge in [-0.3, -0.25) is 9.52 Å². The maximum Gasteiger partial charge on any atom is 0.261 e. The average molecular weight is 740 g/mol. The van der Waals surface area contributed by atoms with Crippen molar-refractivity contribution < 1.29 is 40.6 Å². The van der Waals surface area contributed by atoms with Gasteiger partial charge in [-0.25, -0.2) is 21.2 Å². The number of anilines is 1. The van der Waals surface area contributed by atoms with E-state index in [1.807, 2.05) is 13.8 Å². The number of benzene rings is 3. The minimum atomic E-state index is -4.03. The second-order valence-corrected chi connectivity index (χ2v) is 16.5. The number of halogens is 2. The molecule has 2 N–H and O–H groups in total. The molecule has 3 aromatic rings. The van der Waals surface area contributed by atoms with Crippen molar-refractivity contribution in [1.29, 1.82) is 0 Å². The number of nitrogens with one attached hydrogen (secondary N) is 1. The van der Waals surface area contributed by atoms with Crippen LogP contribution in [-0.2, 0) is 24.8 Å². The quantitative estimate of drug-likeness (QED) is 0.297. The van der Waals surface area contributed by atoms with Gasteiger partial charge in [0.2, 0.25) is 10.0 Å². The number of hydrogen-bond acceptors (Lipinski definition) is 8. The molecule has 11 nitrogen and oxygen atoms in total. The van der Waals surface area contributed by atoms with Gasteiger partial charge in [0.05, 0.1) is 40.2 Å². The average Bonchev–Trinajstić information content (AvgIpc) is 3.06. The van der Waals surface area contributed by atoms with Crippen LogP contribution in [-0.4, -0.2) is 88.7 Å². The van der Waals surface area contributed by atoms with Crippen molar-refractivity contribution in [2.45, 2.75) is 68.1 Å². The number of ether oxygens (including phenoxy) is 2. The Kier molecular flexibility index (Phi) is 13.1. The first-order chi connectivity index (χ1) is 23.1. The highest BCUT2D eigenvalue weighted by Crippen LogP contribution is 2.30. The van der Waals surface area contributed by atoms with Crippen molar-refractivity contribution in [2.75, 3.05) is 38.1 Å². The fourth-order valence-electron chi connectivity index (χ4n) is 5.41. The number of aliphatic hydroxyl groups excluding tert-OH is 1.